The molecule has 0 saturated heterocycles. The first kappa shape index (κ1) is 17.1. The van der Waals surface area contributed by atoms with E-state index in [2.05, 4.69) is 4.72 Å². The fraction of sp³-hybridized carbons (Fsp3) is 0.250. The third kappa shape index (κ3) is 3.94. The number of sulfonamides is 1. The van der Waals surface area contributed by atoms with Crippen LogP contribution in [0.15, 0.2) is 47.4 Å². The topological polar surface area (TPSA) is 89.3 Å². The van der Waals surface area contributed by atoms with Crippen LogP contribution >= 0.6 is 0 Å². The third-order valence-corrected chi connectivity index (χ3v) is 5.14. The molecule has 2 aromatic rings. The van der Waals surface area contributed by atoms with Crippen molar-refractivity contribution in [3.8, 4) is 0 Å². The summed E-state index contributed by atoms with van der Waals surface area (Å²) in [6.45, 7) is 5.24. The molecule has 2 aromatic carbocycles. The highest BCUT2D eigenvalue weighted by Gasteiger charge is 2.22. The second kappa shape index (κ2) is 6.47. The molecule has 1 atom stereocenters. The normalized spacial score (nSPS) is 12.8. The van der Waals surface area contributed by atoms with Gasteiger partial charge in [0.1, 0.15) is 0 Å². The number of aryl methyl sites for hydroxylation is 2. The standard InChI is InChI=1S/C16H18N2O4S/c1-11-4-7-14(8-5-11)13(3)17-23(21,22)15-9-6-12(2)16(10-15)18(19)20/h4-10,13,17H,1-3H3. The van der Waals surface area contributed by atoms with Crippen LogP contribution in [0.25, 0.3) is 0 Å². The molecule has 0 radical (unpaired) electrons. The molecule has 23 heavy (non-hydrogen) atoms. The minimum Gasteiger partial charge on any atom is -0.258 e. The highest BCUT2D eigenvalue weighted by molar-refractivity contribution is 7.89. The van der Waals surface area contributed by atoms with Gasteiger partial charge in [-0.1, -0.05) is 35.9 Å². The van der Waals surface area contributed by atoms with Crippen molar-refractivity contribution in [2.75, 3.05) is 0 Å². The number of benzene rings is 2. The van der Waals surface area contributed by atoms with Crippen molar-refractivity contribution < 1.29 is 13.3 Å². The van der Waals surface area contributed by atoms with Crippen LogP contribution in [0, 0.1) is 24.0 Å². The van der Waals surface area contributed by atoms with Gasteiger partial charge in [-0.15, -0.1) is 0 Å². The molecule has 0 fully saturated rings. The quantitative estimate of drug-likeness (QED) is 0.671. The zero-order valence-corrected chi connectivity index (χ0v) is 13.9. The van der Waals surface area contributed by atoms with Gasteiger partial charge in [0.25, 0.3) is 5.69 Å². The SMILES string of the molecule is Cc1ccc(C(C)NS(=O)(=O)c2ccc(C)c([N+](=O)[O-])c2)cc1. The molecule has 2 rings (SSSR count). The minimum absolute atomic E-state index is 0.117. The van der Waals surface area contributed by atoms with Crippen molar-refractivity contribution in [3.63, 3.8) is 0 Å². The van der Waals surface area contributed by atoms with Crippen LogP contribution in [-0.4, -0.2) is 13.3 Å². The minimum atomic E-state index is -3.85. The molecule has 0 amide bonds. The molecule has 0 saturated carbocycles. The van der Waals surface area contributed by atoms with E-state index in [9.17, 15) is 18.5 Å². The molecule has 1 unspecified atom stereocenters. The number of rotatable bonds is 5. The maximum Gasteiger partial charge on any atom is 0.273 e. The molecule has 0 aliphatic carbocycles. The fourth-order valence-electron chi connectivity index (χ4n) is 2.18. The number of nitro benzene ring substituents is 1. The summed E-state index contributed by atoms with van der Waals surface area (Å²) in [4.78, 5) is 10.3. The smallest absolute Gasteiger partial charge is 0.258 e. The van der Waals surface area contributed by atoms with Crippen LogP contribution < -0.4 is 4.72 Å². The van der Waals surface area contributed by atoms with Gasteiger partial charge in [0.05, 0.1) is 9.82 Å². The molecular weight excluding hydrogens is 316 g/mol. The van der Waals surface area contributed by atoms with Crippen molar-refractivity contribution >= 4 is 15.7 Å². The second-order valence-electron chi connectivity index (χ2n) is 5.46. The summed E-state index contributed by atoms with van der Waals surface area (Å²) in [7, 11) is -3.85. The Hall–Kier alpha value is -2.25. The van der Waals surface area contributed by atoms with Crippen LogP contribution in [0.2, 0.25) is 0 Å². The summed E-state index contributed by atoms with van der Waals surface area (Å²) < 4.78 is 27.4. The lowest BCUT2D eigenvalue weighted by Gasteiger charge is -2.15. The van der Waals surface area contributed by atoms with Crippen molar-refractivity contribution in [1.29, 1.82) is 0 Å². The van der Waals surface area contributed by atoms with E-state index in [1.54, 1.807) is 13.8 Å². The van der Waals surface area contributed by atoms with Crippen molar-refractivity contribution in [2.24, 2.45) is 0 Å². The lowest BCUT2D eigenvalue weighted by Crippen LogP contribution is -2.27. The Labute approximate surface area is 135 Å². The third-order valence-electron chi connectivity index (χ3n) is 3.60. The monoisotopic (exact) mass is 334 g/mol. The number of hydrogen-bond donors (Lipinski definition) is 1. The predicted octanol–water partition coefficient (Wildman–Crippen LogP) is 3.25. The van der Waals surface area contributed by atoms with Crippen LogP contribution in [0.4, 0.5) is 5.69 Å². The maximum atomic E-state index is 12.4. The molecule has 7 heteroatoms. The average molecular weight is 334 g/mol. The van der Waals surface area contributed by atoms with Gasteiger partial charge in [0.15, 0.2) is 0 Å². The van der Waals surface area contributed by atoms with E-state index in [4.69, 9.17) is 0 Å². The second-order valence-corrected chi connectivity index (χ2v) is 7.17. The number of nitrogens with zero attached hydrogens (tertiary/aromatic N) is 1. The summed E-state index contributed by atoms with van der Waals surface area (Å²) >= 11 is 0. The Morgan fingerprint density at radius 1 is 1.09 bits per heavy atom. The molecule has 0 spiro atoms. The first-order valence-corrected chi connectivity index (χ1v) is 8.53. The number of nitro groups is 1. The highest BCUT2D eigenvalue weighted by atomic mass is 32.2. The predicted molar refractivity (Wildman–Crippen MR) is 87.7 cm³/mol. The molecular formula is C16H18N2O4S. The van der Waals surface area contributed by atoms with E-state index < -0.39 is 21.0 Å². The van der Waals surface area contributed by atoms with Crippen LogP contribution in [0.3, 0.4) is 0 Å². The Morgan fingerprint density at radius 2 is 1.70 bits per heavy atom. The molecule has 0 aliphatic heterocycles. The van der Waals surface area contributed by atoms with Crippen LogP contribution in [0.1, 0.15) is 29.7 Å². The van der Waals surface area contributed by atoms with E-state index in [-0.39, 0.29) is 10.6 Å². The average Bonchev–Trinajstić information content (AvgIpc) is 2.47. The largest absolute Gasteiger partial charge is 0.273 e. The van der Waals surface area contributed by atoms with Gasteiger partial charge >= 0.3 is 0 Å². The lowest BCUT2D eigenvalue weighted by atomic mass is 10.1. The van der Waals surface area contributed by atoms with E-state index >= 15 is 0 Å². The van der Waals surface area contributed by atoms with Gasteiger partial charge in [0.2, 0.25) is 10.0 Å². The van der Waals surface area contributed by atoms with Gasteiger partial charge in [-0.25, -0.2) is 13.1 Å². The molecule has 6 nitrogen and oxygen atoms in total. The van der Waals surface area contributed by atoms with Gasteiger partial charge in [-0.05, 0) is 32.4 Å². The zero-order chi connectivity index (χ0) is 17.2. The Balaban J connectivity index is 2.30. The number of nitrogens with one attached hydrogen (secondary N) is 1. The Kier molecular flexibility index (Phi) is 4.82. The fourth-order valence-corrected chi connectivity index (χ4v) is 3.43. The van der Waals surface area contributed by atoms with Gasteiger partial charge in [0, 0.05) is 17.7 Å². The van der Waals surface area contributed by atoms with Crippen molar-refractivity contribution in [1.82, 2.24) is 4.72 Å². The lowest BCUT2D eigenvalue weighted by molar-refractivity contribution is -0.385. The van der Waals surface area contributed by atoms with E-state index in [1.807, 2.05) is 31.2 Å². The summed E-state index contributed by atoms with van der Waals surface area (Å²) in [5, 5.41) is 11.0. The molecule has 0 heterocycles. The molecule has 0 aliphatic rings. The molecule has 0 bridgehead atoms. The zero-order valence-electron chi connectivity index (χ0n) is 13.1. The van der Waals surface area contributed by atoms with Crippen LogP contribution in [0.5, 0.6) is 0 Å². The first-order valence-electron chi connectivity index (χ1n) is 7.04. The number of hydrogen-bond acceptors (Lipinski definition) is 4. The van der Waals surface area contributed by atoms with Gasteiger partial charge in [-0.2, -0.15) is 0 Å². The summed E-state index contributed by atoms with van der Waals surface area (Å²) in [6.07, 6.45) is 0. The Bertz CT molecular complexity index is 830. The summed E-state index contributed by atoms with van der Waals surface area (Å²) in [5.74, 6) is 0. The highest BCUT2D eigenvalue weighted by Crippen LogP contribution is 2.23. The molecule has 122 valence electrons. The van der Waals surface area contributed by atoms with Crippen LogP contribution in [-0.2, 0) is 10.0 Å². The Morgan fingerprint density at radius 3 is 2.26 bits per heavy atom. The molecule has 0 aromatic heterocycles. The summed E-state index contributed by atoms with van der Waals surface area (Å²) in [6, 6.07) is 10.9. The van der Waals surface area contributed by atoms with E-state index in [0.29, 0.717) is 5.56 Å². The van der Waals surface area contributed by atoms with Gasteiger partial charge in [-0.3, -0.25) is 10.1 Å². The van der Waals surface area contributed by atoms with Crippen molar-refractivity contribution in [2.45, 2.75) is 31.7 Å². The van der Waals surface area contributed by atoms with Gasteiger partial charge < -0.3 is 0 Å². The van der Waals surface area contributed by atoms with E-state index in [1.165, 1.54) is 12.1 Å². The maximum absolute atomic E-state index is 12.4. The summed E-state index contributed by atoms with van der Waals surface area (Å²) in [5.41, 5.74) is 2.11. The first-order chi connectivity index (χ1) is 10.7. The van der Waals surface area contributed by atoms with E-state index in [0.717, 1.165) is 17.2 Å². The van der Waals surface area contributed by atoms with Crippen molar-refractivity contribution in [3.05, 3.63) is 69.3 Å². The molecule has 1 N–H and O–H groups in total.